The maximum absolute atomic E-state index is 11.0. The van der Waals surface area contributed by atoms with E-state index in [9.17, 15) is 10.1 Å². The average molecular weight is 405 g/mol. The van der Waals surface area contributed by atoms with E-state index in [1.165, 1.54) is 17.1 Å². The molecular weight excluding hydrogens is 386 g/mol. The fraction of sp³-hybridized carbons (Fsp3) is 0.143. The summed E-state index contributed by atoms with van der Waals surface area (Å²) in [6.07, 6.45) is 2.60. The molecule has 0 aliphatic carbocycles. The lowest BCUT2D eigenvalue weighted by atomic mass is 10.1. The van der Waals surface area contributed by atoms with Crippen LogP contribution >= 0.6 is 0 Å². The molecule has 0 N–H and O–H groups in total. The predicted octanol–water partition coefficient (Wildman–Crippen LogP) is 3.84. The van der Waals surface area contributed by atoms with Crippen LogP contribution in [0, 0.1) is 10.1 Å². The Kier molecular flexibility index (Phi) is 5.17. The van der Waals surface area contributed by atoms with Crippen molar-refractivity contribution in [2.24, 2.45) is 0 Å². The van der Waals surface area contributed by atoms with Crippen LogP contribution in [0.2, 0.25) is 0 Å². The number of hydrogen-bond donors (Lipinski definition) is 0. The van der Waals surface area contributed by atoms with Gasteiger partial charge in [-0.1, -0.05) is 24.3 Å². The lowest BCUT2D eigenvalue weighted by molar-refractivity contribution is -0.385. The van der Waals surface area contributed by atoms with Gasteiger partial charge in [-0.05, 0) is 30.3 Å². The summed E-state index contributed by atoms with van der Waals surface area (Å²) in [5, 5.41) is 19.8. The van der Waals surface area contributed by atoms with Crippen molar-refractivity contribution in [2.75, 3.05) is 14.2 Å². The Labute approximate surface area is 172 Å². The smallest absolute Gasteiger partial charge is 0.307 e. The van der Waals surface area contributed by atoms with Crippen molar-refractivity contribution >= 4 is 5.69 Å². The zero-order valence-corrected chi connectivity index (χ0v) is 16.4. The van der Waals surface area contributed by atoms with E-state index in [2.05, 4.69) is 5.10 Å². The third kappa shape index (κ3) is 3.86. The highest BCUT2D eigenvalue weighted by atomic mass is 16.6. The Morgan fingerprint density at radius 1 is 1.00 bits per heavy atom. The first-order valence-corrected chi connectivity index (χ1v) is 9.11. The molecule has 0 fully saturated rings. The van der Waals surface area contributed by atoms with Gasteiger partial charge in [-0.15, -0.1) is 0 Å². The normalized spacial score (nSPS) is 10.7. The van der Waals surface area contributed by atoms with Crippen molar-refractivity contribution in [3.8, 4) is 34.0 Å². The van der Waals surface area contributed by atoms with E-state index in [0.29, 0.717) is 0 Å². The Balaban J connectivity index is 1.79. The molecule has 0 bridgehead atoms. The Morgan fingerprint density at radius 3 is 2.30 bits per heavy atom. The summed E-state index contributed by atoms with van der Waals surface area (Å²) in [5.41, 5.74) is 3.29. The number of ether oxygens (including phenoxy) is 2. The second-order valence-electron chi connectivity index (χ2n) is 6.51. The molecule has 0 amide bonds. The van der Waals surface area contributed by atoms with Gasteiger partial charge in [0.2, 0.25) is 0 Å². The van der Waals surface area contributed by atoms with Crippen molar-refractivity contribution in [1.82, 2.24) is 19.6 Å². The Morgan fingerprint density at radius 2 is 1.67 bits per heavy atom. The highest BCUT2D eigenvalue weighted by molar-refractivity contribution is 5.70. The maximum Gasteiger partial charge on any atom is 0.307 e. The lowest BCUT2D eigenvalue weighted by Crippen LogP contribution is -2.11. The van der Waals surface area contributed by atoms with Gasteiger partial charge in [-0.2, -0.15) is 10.2 Å². The molecular formula is C21H19N5O4. The minimum atomic E-state index is -0.475. The highest BCUT2D eigenvalue weighted by Gasteiger charge is 2.15. The molecule has 0 saturated carbocycles. The van der Waals surface area contributed by atoms with Crippen LogP contribution in [0.3, 0.4) is 0 Å². The predicted molar refractivity (Wildman–Crippen MR) is 110 cm³/mol. The van der Waals surface area contributed by atoms with Crippen LogP contribution in [0.4, 0.5) is 5.69 Å². The van der Waals surface area contributed by atoms with Crippen molar-refractivity contribution in [3.05, 3.63) is 77.1 Å². The minimum absolute atomic E-state index is 0.0712. The lowest BCUT2D eigenvalue weighted by Gasteiger charge is -2.08. The quantitative estimate of drug-likeness (QED) is 0.342. The molecule has 0 spiro atoms. The van der Waals surface area contributed by atoms with Gasteiger partial charge in [-0.25, -0.2) is 9.36 Å². The van der Waals surface area contributed by atoms with Crippen LogP contribution in [0.5, 0.6) is 11.5 Å². The first kappa shape index (κ1) is 19.2. The standard InChI is InChI=1S/C21H19N5O4/c1-29-18-7-3-5-15(9-18)20-11-21(16-6-4-8-19(10-16)30-2)25(23-20)14-24-13-17(12-22-24)26(27)28/h3-13H,14H2,1-2H3. The molecule has 2 heterocycles. The topological polar surface area (TPSA) is 97.2 Å². The summed E-state index contributed by atoms with van der Waals surface area (Å²) in [5.74, 6) is 1.45. The van der Waals surface area contributed by atoms with Gasteiger partial charge < -0.3 is 9.47 Å². The molecule has 2 aromatic carbocycles. The molecule has 0 atom stereocenters. The Bertz CT molecular complexity index is 1200. The molecule has 152 valence electrons. The molecule has 9 heteroatoms. The zero-order valence-electron chi connectivity index (χ0n) is 16.4. The Hall–Kier alpha value is -4.14. The van der Waals surface area contributed by atoms with E-state index in [1.807, 2.05) is 54.6 Å². The highest BCUT2D eigenvalue weighted by Crippen LogP contribution is 2.30. The van der Waals surface area contributed by atoms with E-state index < -0.39 is 4.92 Å². The van der Waals surface area contributed by atoms with Crippen LogP contribution in [0.1, 0.15) is 0 Å². The first-order valence-electron chi connectivity index (χ1n) is 9.11. The van der Waals surface area contributed by atoms with Crippen LogP contribution in [-0.2, 0) is 6.67 Å². The van der Waals surface area contributed by atoms with Crippen molar-refractivity contribution in [2.45, 2.75) is 6.67 Å². The third-order valence-electron chi connectivity index (χ3n) is 4.62. The molecule has 0 radical (unpaired) electrons. The molecule has 2 aromatic heterocycles. The van der Waals surface area contributed by atoms with Crippen LogP contribution < -0.4 is 9.47 Å². The fourth-order valence-corrected chi connectivity index (χ4v) is 3.12. The number of rotatable bonds is 7. The van der Waals surface area contributed by atoms with Gasteiger partial charge in [0.05, 0.1) is 30.5 Å². The van der Waals surface area contributed by atoms with Gasteiger partial charge in [-0.3, -0.25) is 10.1 Å². The van der Waals surface area contributed by atoms with Gasteiger partial charge in [0, 0.05) is 11.1 Å². The number of hydrogen-bond acceptors (Lipinski definition) is 6. The van der Waals surface area contributed by atoms with Crippen LogP contribution in [0.25, 0.3) is 22.5 Å². The summed E-state index contributed by atoms with van der Waals surface area (Å²) in [6, 6.07) is 17.2. The van der Waals surface area contributed by atoms with Crippen molar-refractivity contribution < 1.29 is 14.4 Å². The molecule has 4 rings (SSSR count). The molecule has 4 aromatic rings. The summed E-state index contributed by atoms with van der Waals surface area (Å²) in [4.78, 5) is 10.5. The summed E-state index contributed by atoms with van der Waals surface area (Å²) >= 11 is 0. The van der Waals surface area contributed by atoms with E-state index in [-0.39, 0.29) is 12.4 Å². The summed E-state index contributed by atoms with van der Waals surface area (Å²) in [6.45, 7) is 0.213. The summed E-state index contributed by atoms with van der Waals surface area (Å²) < 4.78 is 13.9. The molecule has 0 unspecified atom stereocenters. The van der Waals surface area contributed by atoms with Crippen molar-refractivity contribution in [3.63, 3.8) is 0 Å². The van der Waals surface area contributed by atoms with E-state index in [4.69, 9.17) is 14.6 Å². The zero-order chi connectivity index (χ0) is 21.1. The number of benzene rings is 2. The van der Waals surface area contributed by atoms with E-state index in [1.54, 1.807) is 18.9 Å². The SMILES string of the molecule is COc1cccc(-c2cc(-c3cccc(OC)c3)n(Cn3cc([N+](=O)[O-])cn3)n2)c1. The monoisotopic (exact) mass is 405 g/mol. The average Bonchev–Trinajstić information content (AvgIpc) is 3.42. The molecule has 0 saturated heterocycles. The van der Waals surface area contributed by atoms with Crippen LogP contribution in [0.15, 0.2) is 67.0 Å². The molecule has 0 aliphatic heterocycles. The second kappa shape index (κ2) is 8.08. The molecule has 0 aliphatic rings. The maximum atomic E-state index is 11.0. The number of aromatic nitrogens is 4. The molecule has 9 nitrogen and oxygen atoms in total. The van der Waals surface area contributed by atoms with E-state index in [0.717, 1.165) is 34.0 Å². The summed E-state index contributed by atoms with van der Waals surface area (Å²) in [7, 11) is 3.23. The second-order valence-corrected chi connectivity index (χ2v) is 6.51. The van der Waals surface area contributed by atoms with Crippen LogP contribution in [-0.4, -0.2) is 38.7 Å². The fourth-order valence-electron chi connectivity index (χ4n) is 3.12. The molecule has 30 heavy (non-hydrogen) atoms. The van der Waals surface area contributed by atoms with Crippen molar-refractivity contribution in [1.29, 1.82) is 0 Å². The third-order valence-corrected chi connectivity index (χ3v) is 4.62. The van der Waals surface area contributed by atoms with Gasteiger partial charge in [0.15, 0.2) is 0 Å². The van der Waals surface area contributed by atoms with Gasteiger partial charge in [0.1, 0.15) is 30.6 Å². The van der Waals surface area contributed by atoms with E-state index >= 15 is 0 Å². The number of nitro groups is 1. The van der Waals surface area contributed by atoms with Gasteiger partial charge >= 0.3 is 5.69 Å². The first-order chi connectivity index (χ1) is 14.6. The minimum Gasteiger partial charge on any atom is -0.497 e. The largest absolute Gasteiger partial charge is 0.497 e. The number of methoxy groups -OCH3 is 2. The van der Waals surface area contributed by atoms with Gasteiger partial charge in [0.25, 0.3) is 0 Å². The number of nitrogens with zero attached hydrogens (tertiary/aromatic N) is 5.